The van der Waals surface area contributed by atoms with E-state index in [0.717, 1.165) is 34.6 Å². The Morgan fingerprint density at radius 2 is 2.31 bits per heavy atom. The smallest absolute Gasteiger partial charge is 0.0940 e. The molecule has 0 aliphatic rings. The van der Waals surface area contributed by atoms with Crippen molar-refractivity contribution in [3.05, 3.63) is 28.8 Å². The summed E-state index contributed by atoms with van der Waals surface area (Å²) in [6.45, 7) is 0.889. The van der Waals surface area contributed by atoms with Crippen molar-refractivity contribution in [1.82, 2.24) is 4.98 Å². The first kappa shape index (κ1) is 11.0. The highest BCUT2D eigenvalue weighted by Crippen LogP contribution is 2.23. The number of hydrogen-bond donors (Lipinski definition) is 1. The molecule has 0 fully saturated rings. The van der Waals surface area contributed by atoms with Gasteiger partial charge in [0.1, 0.15) is 0 Å². The van der Waals surface area contributed by atoms with Crippen LogP contribution >= 0.6 is 11.3 Å². The number of carboxylic acid groups (broad SMARTS) is 1. The summed E-state index contributed by atoms with van der Waals surface area (Å²) in [5, 5.41) is 11.7. The van der Waals surface area contributed by atoms with Gasteiger partial charge in [0.2, 0.25) is 0 Å². The van der Waals surface area contributed by atoms with E-state index in [0.29, 0.717) is 0 Å². The highest BCUT2D eigenvalue weighted by Gasteiger charge is 2.05. The van der Waals surface area contributed by atoms with Crippen LogP contribution in [0.1, 0.15) is 21.8 Å². The Hall–Kier alpha value is -1.46. The lowest BCUT2D eigenvalue weighted by Gasteiger charge is -1.99. The Morgan fingerprint density at radius 1 is 1.50 bits per heavy atom. The van der Waals surface area contributed by atoms with Crippen molar-refractivity contribution in [2.24, 2.45) is 0 Å². The molecule has 1 aromatic heterocycles. The van der Waals surface area contributed by atoms with Gasteiger partial charge in [-0.2, -0.15) is 0 Å². The van der Waals surface area contributed by atoms with Crippen LogP contribution in [0.4, 0.5) is 0 Å². The molecule has 2 aromatic rings. The Labute approximate surface area is 96.7 Å². The molecule has 1 heterocycles. The normalized spacial score (nSPS) is 10.8. The summed E-state index contributed by atoms with van der Waals surface area (Å²) in [6.07, 6.45) is 1.91. The number of nitrogens with zero attached hydrogens (tertiary/aromatic N) is 1. The molecule has 0 aliphatic heterocycles. The highest BCUT2D eigenvalue weighted by atomic mass is 32.1. The van der Waals surface area contributed by atoms with Crippen molar-refractivity contribution in [3.8, 4) is 0 Å². The van der Waals surface area contributed by atoms with Crippen LogP contribution in [-0.4, -0.2) is 17.5 Å². The first-order valence-corrected chi connectivity index (χ1v) is 5.92. The fourth-order valence-electron chi connectivity index (χ4n) is 1.48. The molecule has 3 N–H and O–H groups in total. The van der Waals surface area contributed by atoms with E-state index < -0.39 is 5.97 Å². The van der Waals surface area contributed by atoms with E-state index in [9.17, 15) is 9.90 Å². The maximum atomic E-state index is 10.7. The van der Waals surface area contributed by atoms with Crippen molar-refractivity contribution in [3.63, 3.8) is 0 Å². The summed E-state index contributed by atoms with van der Waals surface area (Å²) in [5.41, 5.74) is 4.85. The summed E-state index contributed by atoms with van der Waals surface area (Å²) in [6, 6.07) is 4.88. The number of carboxylic acids is 1. The number of fused-ring (bicyclic) bond motifs is 1. The van der Waals surface area contributed by atoms with Crippen LogP contribution in [-0.2, 0) is 6.42 Å². The maximum absolute atomic E-state index is 10.7. The third kappa shape index (κ3) is 2.20. The molecule has 0 unspecified atom stereocenters. The van der Waals surface area contributed by atoms with Crippen LogP contribution in [0.3, 0.4) is 0 Å². The lowest BCUT2D eigenvalue weighted by atomic mass is 10.2. The van der Waals surface area contributed by atoms with Crippen LogP contribution in [0, 0.1) is 0 Å². The summed E-state index contributed by atoms with van der Waals surface area (Å²) >= 11 is 1.54. The van der Waals surface area contributed by atoms with Gasteiger partial charge in [-0.15, -0.1) is 11.3 Å². The number of aromatic nitrogens is 1. The molecular formula is C11H12N2O2S. The number of rotatable bonds is 4. The fraction of sp³-hybridized carbons (Fsp3) is 0.273. The molecule has 5 heteroatoms. The third-order valence-electron chi connectivity index (χ3n) is 2.31. The summed E-state index contributed by atoms with van der Waals surface area (Å²) < 4.78 is 0.903. The molecule has 2 rings (SSSR count). The van der Waals surface area contributed by atoms with Crippen molar-refractivity contribution >= 4 is 27.5 Å². The molecular weight excluding hydrogens is 224 g/mol. The molecule has 0 radical (unpaired) electrons. The first-order valence-electron chi connectivity index (χ1n) is 5.11. The number of hydrogen-bond acceptors (Lipinski definition) is 4. The minimum Gasteiger partial charge on any atom is -0.545 e. The molecule has 0 atom stereocenters. The van der Waals surface area contributed by atoms with Crippen LogP contribution < -0.4 is 10.8 Å². The minimum absolute atomic E-state index is 0.208. The summed E-state index contributed by atoms with van der Waals surface area (Å²) in [4.78, 5) is 15.1. The van der Waals surface area contributed by atoms with E-state index in [-0.39, 0.29) is 5.56 Å². The second-order valence-electron chi connectivity index (χ2n) is 3.53. The van der Waals surface area contributed by atoms with E-state index in [1.807, 2.05) is 0 Å². The minimum atomic E-state index is -1.14. The number of carbonyl (C=O) groups is 1. The Kier molecular flexibility index (Phi) is 3.17. The molecule has 1 aromatic carbocycles. The number of quaternary nitrogens is 1. The van der Waals surface area contributed by atoms with Crippen molar-refractivity contribution in [2.45, 2.75) is 12.8 Å². The van der Waals surface area contributed by atoms with Crippen LogP contribution in [0.5, 0.6) is 0 Å². The average Bonchev–Trinajstić information content (AvgIpc) is 2.67. The van der Waals surface area contributed by atoms with Crippen molar-refractivity contribution < 1.29 is 15.6 Å². The van der Waals surface area contributed by atoms with Gasteiger partial charge in [0.15, 0.2) is 0 Å². The third-order valence-corrected chi connectivity index (χ3v) is 3.39. The van der Waals surface area contributed by atoms with Gasteiger partial charge in [-0.1, -0.05) is 6.07 Å². The quantitative estimate of drug-likeness (QED) is 0.800. The van der Waals surface area contributed by atoms with Crippen LogP contribution in [0.2, 0.25) is 0 Å². The van der Waals surface area contributed by atoms with Gasteiger partial charge in [0.05, 0.1) is 27.7 Å². The molecule has 0 saturated heterocycles. The maximum Gasteiger partial charge on any atom is 0.0940 e. The number of aromatic carboxylic acids is 1. The first-order chi connectivity index (χ1) is 7.70. The van der Waals surface area contributed by atoms with Crippen molar-refractivity contribution in [2.75, 3.05) is 6.54 Å². The molecule has 4 nitrogen and oxygen atoms in total. The monoisotopic (exact) mass is 236 g/mol. The standard InChI is InChI=1S/C11H12N2O2S/c12-5-1-2-10-13-8-4-3-7(11(14)15)6-9(8)16-10/h3-4,6H,1-2,5,12H2,(H,14,15). The number of thiazole rings is 1. The second-order valence-corrected chi connectivity index (χ2v) is 4.65. The molecule has 0 aliphatic carbocycles. The number of benzene rings is 1. The van der Waals surface area contributed by atoms with Crippen molar-refractivity contribution in [1.29, 1.82) is 0 Å². The van der Waals surface area contributed by atoms with Gasteiger partial charge in [0.25, 0.3) is 0 Å². The molecule has 0 spiro atoms. The fourth-order valence-corrected chi connectivity index (χ4v) is 2.53. The summed E-state index contributed by atoms with van der Waals surface area (Å²) in [5.74, 6) is -1.14. The molecule has 0 bridgehead atoms. The molecule has 16 heavy (non-hydrogen) atoms. The SMILES string of the molecule is [NH3+]CCCc1nc2ccc(C(=O)[O-])cc2s1. The molecule has 84 valence electrons. The van der Waals surface area contributed by atoms with Gasteiger partial charge in [0, 0.05) is 12.8 Å². The predicted octanol–water partition coefficient (Wildman–Crippen LogP) is -0.166. The molecule has 0 saturated carbocycles. The highest BCUT2D eigenvalue weighted by molar-refractivity contribution is 7.18. The van der Waals surface area contributed by atoms with Gasteiger partial charge in [-0.25, -0.2) is 4.98 Å². The zero-order chi connectivity index (χ0) is 11.5. The second kappa shape index (κ2) is 4.59. The van der Waals surface area contributed by atoms with Gasteiger partial charge in [-0.3, -0.25) is 0 Å². The Bertz CT molecular complexity index is 522. The molecule has 0 amide bonds. The largest absolute Gasteiger partial charge is 0.545 e. The van der Waals surface area contributed by atoms with E-state index in [2.05, 4.69) is 10.7 Å². The topological polar surface area (TPSA) is 80.7 Å². The number of carbonyl (C=O) groups excluding carboxylic acids is 1. The van der Waals surface area contributed by atoms with Gasteiger partial charge >= 0.3 is 0 Å². The zero-order valence-electron chi connectivity index (χ0n) is 8.73. The van der Waals surface area contributed by atoms with Crippen LogP contribution in [0.25, 0.3) is 10.2 Å². The van der Waals surface area contributed by atoms with Gasteiger partial charge in [-0.05, 0) is 17.7 Å². The van der Waals surface area contributed by atoms with Crippen LogP contribution in [0.15, 0.2) is 18.2 Å². The summed E-state index contributed by atoms with van der Waals surface area (Å²) in [7, 11) is 0. The zero-order valence-corrected chi connectivity index (χ0v) is 9.55. The number of aryl methyl sites for hydroxylation is 1. The predicted molar refractivity (Wildman–Crippen MR) is 60.0 cm³/mol. The Morgan fingerprint density at radius 3 is 3.00 bits per heavy atom. The van der Waals surface area contributed by atoms with E-state index in [1.165, 1.54) is 17.4 Å². The lowest BCUT2D eigenvalue weighted by Crippen LogP contribution is -2.50. The van der Waals surface area contributed by atoms with E-state index in [1.54, 1.807) is 12.1 Å². The van der Waals surface area contributed by atoms with Gasteiger partial charge < -0.3 is 15.6 Å². The van der Waals surface area contributed by atoms with E-state index in [4.69, 9.17) is 0 Å². The Balaban J connectivity index is 2.34. The average molecular weight is 236 g/mol. The lowest BCUT2D eigenvalue weighted by molar-refractivity contribution is -0.368. The van der Waals surface area contributed by atoms with E-state index >= 15 is 0 Å².